The minimum absolute atomic E-state index is 0.0827. The summed E-state index contributed by atoms with van der Waals surface area (Å²) in [4.78, 5) is 26.3. The highest BCUT2D eigenvalue weighted by Gasteiger charge is 2.29. The Bertz CT molecular complexity index is 1380. The van der Waals surface area contributed by atoms with Gasteiger partial charge in [-0.2, -0.15) is 0 Å². The van der Waals surface area contributed by atoms with Crippen molar-refractivity contribution in [2.24, 2.45) is 0 Å². The zero-order chi connectivity index (χ0) is 25.6. The number of pyridine rings is 1. The lowest BCUT2D eigenvalue weighted by Gasteiger charge is -2.36. The summed E-state index contributed by atoms with van der Waals surface area (Å²) in [6.07, 6.45) is 3.17. The number of nitrogens with zero attached hydrogens (tertiary/aromatic N) is 2. The molecule has 2 N–H and O–H groups in total. The number of anilines is 1. The van der Waals surface area contributed by atoms with Gasteiger partial charge in [-0.3, -0.25) is 4.79 Å². The number of hydrogen-bond donors (Lipinski definition) is 2. The number of hydrogen-bond acceptors (Lipinski definition) is 7. The summed E-state index contributed by atoms with van der Waals surface area (Å²) >= 11 is 0. The topological polar surface area (TPSA) is 102 Å². The monoisotopic (exact) mass is 497 g/mol. The quantitative estimate of drug-likeness (QED) is 0.513. The van der Waals surface area contributed by atoms with Gasteiger partial charge < -0.3 is 34.1 Å². The second kappa shape index (κ2) is 9.34. The minimum Gasteiger partial charge on any atom is -0.493 e. The van der Waals surface area contributed by atoms with Gasteiger partial charge in [0.1, 0.15) is 11.4 Å². The van der Waals surface area contributed by atoms with E-state index in [-0.39, 0.29) is 23.0 Å². The van der Waals surface area contributed by atoms with Gasteiger partial charge in [0.05, 0.1) is 38.6 Å². The number of carboxylic acid groups (broad SMARTS) is 1. The average molecular weight is 498 g/mol. The van der Waals surface area contributed by atoms with Gasteiger partial charge in [-0.05, 0) is 42.7 Å². The maximum absolute atomic E-state index is 15.4. The fraction of sp³-hybridized carbons (Fsp3) is 0.385. The molecule has 1 saturated carbocycles. The van der Waals surface area contributed by atoms with Gasteiger partial charge in [-0.15, -0.1) is 0 Å². The Morgan fingerprint density at radius 2 is 1.78 bits per heavy atom. The highest BCUT2D eigenvalue weighted by Crippen LogP contribution is 2.41. The lowest BCUT2D eigenvalue weighted by molar-refractivity contribution is 0.0695. The molecule has 1 aliphatic carbocycles. The molecule has 0 bridgehead atoms. The van der Waals surface area contributed by atoms with E-state index >= 15 is 4.39 Å². The summed E-state index contributed by atoms with van der Waals surface area (Å²) in [5.41, 5.74) is 0.808. The number of aromatic carboxylic acids is 1. The van der Waals surface area contributed by atoms with Crippen LogP contribution in [0.2, 0.25) is 0 Å². The van der Waals surface area contributed by atoms with Crippen molar-refractivity contribution in [2.75, 3.05) is 45.9 Å². The Labute approximate surface area is 207 Å². The van der Waals surface area contributed by atoms with Crippen LogP contribution in [0.3, 0.4) is 0 Å². The summed E-state index contributed by atoms with van der Waals surface area (Å²) < 4.78 is 33.6. The van der Waals surface area contributed by atoms with Crippen molar-refractivity contribution in [1.29, 1.82) is 0 Å². The predicted octanol–water partition coefficient (Wildman–Crippen LogP) is 3.35. The predicted molar refractivity (Wildman–Crippen MR) is 132 cm³/mol. The summed E-state index contributed by atoms with van der Waals surface area (Å²) in [6, 6.07) is 6.55. The van der Waals surface area contributed by atoms with Crippen molar-refractivity contribution in [1.82, 2.24) is 9.88 Å². The third-order valence-corrected chi connectivity index (χ3v) is 6.88. The van der Waals surface area contributed by atoms with Crippen molar-refractivity contribution in [3.8, 4) is 17.2 Å². The lowest BCUT2D eigenvalue weighted by atomic mass is 10.0. The molecule has 0 amide bonds. The molecule has 9 nitrogen and oxygen atoms in total. The number of piperazine rings is 1. The molecule has 10 heteroatoms. The van der Waals surface area contributed by atoms with Gasteiger partial charge in [0.2, 0.25) is 11.2 Å². The number of fused-ring (bicyclic) bond motifs is 1. The highest BCUT2D eigenvalue weighted by molar-refractivity contribution is 5.93. The Morgan fingerprint density at radius 1 is 1.08 bits per heavy atom. The van der Waals surface area contributed by atoms with Crippen molar-refractivity contribution < 1.29 is 28.5 Å². The van der Waals surface area contributed by atoms with Gasteiger partial charge in [0.15, 0.2) is 11.5 Å². The first-order valence-corrected chi connectivity index (χ1v) is 11.8. The van der Waals surface area contributed by atoms with Crippen molar-refractivity contribution in [2.45, 2.75) is 24.9 Å². The number of rotatable bonds is 7. The molecule has 5 rings (SSSR count). The normalized spacial score (nSPS) is 17.8. The molecule has 2 aromatic carbocycles. The molecule has 2 heterocycles. The summed E-state index contributed by atoms with van der Waals surface area (Å²) in [6.45, 7) is 1.62. The largest absolute Gasteiger partial charge is 0.493 e. The van der Waals surface area contributed by atoms with E-state index in [9.17, 15) is 14.7 Å². The van der Waals surface area contributed by atoms with Gasteiger partial charge in [0, 0.05) is 37.3 Å². The molecule has 1 aromatic heterocycles. The SMILES string of the molecule is COc1cc(C2CN(c3cc4c(cc3F)c(=O)c(C(=O)O)cn4C3CC3)CCN2)cc(OC)c1OC. The van der Waals surface area contributed by atoms with E-state index in [4.69, 9.17) is 14.2 Å². The maximum atomic E-state index is 15.4. The smallest absolute Gasteiger partial charge is 0.341 e. The van der Waals surface area contributed by atoms with Crippen LogP contribution in [0, 0.1) is 5.82 Å². The van der Waals surface area contributed by atoms with E-state index in [0.717, 1.165) is 18.4 Å². The van der Waals surface area contributed by atoms with Gasteiger partial charge in [-0.1, -0.05) is 0 Å². The van der Waals surface area contributed by atoms with E-state index in [1.807, 2.05) is 21.6 Å². The zero-order valence-corrected chi connectivity index (χ0v) is 20.3. The van der Waals surface area contributed by atoms with Gasteiger partial charge >= 0.3 is 5.97 Å². The fourth-order valence-electron chi connectivity index (χ4n) is 4.90. The number of methoxy groups -OCH3 is 3. The molecule has 1 unspecified atom stereocenters. The number of ether oxygens (including phenoxy) is 3. The molecular weight excluding hydrogens is 469 g/mol. The van der Waals surface area contributed by atoms with E-state index in [2.05, 4.69) is 5.32 Å². The van der Waals surface area contributed by atoms with Gasteiger partial charge in [0.25, 0.3) is 0 Å². The molecule has 1 saturated heterocycles. The van der Waals surface area contributed by atoms with Crippen molar-refractivity contribution >= 4 is 22.6 Å². The standard InChI is InChI=1S/C26H28FN3O6/c1-34-22-8-14(9-23(35-2)25(22)36-3)19-13-29(7-6-28-19)21-11-20-16(10-18(21)27)24(31)17(26(32)33)12-30(20)15-4-5-15/h8-12,15,19,28H,4-7,13H2,1-3H3,(H,32,33). The zero-order valence-electron chi connectivity index (χ0n) is 20.3. The Morgan fingerprint density at radius 3 is 2.36 bits per heavy atom. The molecule has 0 radical (unpaired) electrons. The first-order chi connectivity index (χ1) is 17.4. The Kier molecular flexibility index (Phi) is 6.21. The summed E-state index contributed by atoms with van der Waals surface area (Å²) in [5.74, 6) is -0.308. The van der Waals surface area contributed by atoms with E-state index < -0.39 is 17.2 Å². The summed E-state index contributed by atoms with van der Waals surface area (Å²) in [5, 5.41) is 13.0. The van der Waals surface area contributed by atoms with Crippen LogP contribution in [-0.4, -0.2) is 56.6 Å². The first-order valence-electron chi connectivity index (χ1n) is 11.8. The molecule has 2 fully saturated rings. The van der Waals surface area contributed by atoms with Crippen molar-refractivity contribution in [3.05, 3.63) is 57.6 Å². The van der Waals surface area contributed by atoms with Crippen molar-refractivity contribution in [3.63, 3.8) is 0 Å². The van der Waals surface area contributed by atoms with Crippen LogP contribution < -0.4 is 29.9 Å². The Balaban J connectivity index is 1.54. The van der Waals surface area contributed by atoms with Crippen LogP contribution in [0.1, 0.15) is 40.8 Å². The van der Waals surface area contributed by atoms with Gasteiger partial charge in [-0.25, -0.2) is 9.18 Å². The second-order valence-electron chi connectivity index (χ2n) is 9.05. The molecule has 2 aliphatic rings. The maximum Gasteiger partial charge on any atom is 0.341 e. The third kappa shape index (κ3) is 4.11. The number of aromatic nitrogens is 1. The molecule has 3 aromatic rings. The van der Waals surface area contributed by atoms with Crippen LogP contribution in [0.4, 0.5) is 10.1 Å². The molecule has 1 atom stereocenters. The van der Waals surface area contributed by atoms with Crippen LogP contribution in [0.25, 0.3) is 10.9 Å². The molecule has 190 valence electrons. The lowest BCUT2D eigenvalue weighted by Crippen LogP contribution is -2.46. The molecule has 0 spiro atoms. The molecule has 36 heavy (non-hydrogen) atoms. The third-order valence-electron chi connectivity index (χ3n) is 6.88. The van der Waals surface area contributed by atoms with Crippen LogP contribution in [0.15, 0.2) is 35.3 Å². The second-order valence-corrected chi connectivity index (χ2v) is 9.05. The average Bonchev–Trinajstić information content (AvgIpc) is 3.73. The van der Waals surface area contributed by atoms with E-state index in [1.54, 1.807) is 27.4 Å². The van der Waals surface area contributed by atoms with Crippen LogP contribution in [-0.2, 0) is 0 Å². The first kappa shape index (κ1) is 23.9. The number of carboxylic acids is 1. The fourth-order valence-corrected chi connectivity index (χ4v) is 4.90. The van der Waals surface area contributed by atoms with Crippen LogP contribution in [0.5, 0.6) is 17.2 Å². The number of halogens is 1. The number of nitrogens with one attached hydrogen (secondary N) is 1. The number of benzene rings is 2. The van der Waals surface area contributed by atoms with Crippen LogP contribution >= 0.6 is 0 Å². The van der Waals surface area contributed by atoms with E-state index in [0.29, 0.717) is 48.1 Å². The molecular formula is C26H28FN3O6. The van der Waals surface area contributed by atoms with E-state index in [1.165, 1.54) is 12.3 Å². The minimum atomic E-state index is -1.31. The number of carbonyl (C=O) groups is 1. The highest BCUT2D eigenvalue weighted by atomic mass is 19.1. The Hall–Kier alpha value is -3.79. The molecule has 1 aliphatic heterocycles. The summed E-state index contributed by atoms with van der Waals surface area (Å²) in [7, 11) is 4.66.